The molecule has 2 aliphatic rings. The molecule has 0 heterocycles. The van der Waals surface area contributed by atoms with Crippen LogP contribution in [0.25, 0.3) is 5.57 Å². The molecule has 1 N–H and O–H groups in total. The number of allylic oxidation sites excluding steroid dienone is 3. The van der Waals surface area contributed by atoms with Crippen LogP contribution in [-0.4, -0.2) is 7.05 Å². The fourth-order valence-electron chi connectivity index (χ4n) is 2.76. The van der Waals surface area contributed by atoms with Crippen LogP contribution in [0.15, 0.2) is 42.0 Å². The van der Waals surface area contributed by atoms with Gasteiger partial charge < -0.3 is 5.32 Å². The van der Waals surface area contributed by atoms with Gasteiger partial charge >= 0.3 is 0 Å². The molecule has 1 unspecified atom stereocenters. The molecule has 0 spiro atoms. The summed E-state index contributed by atoms with van der Waals surface area (Å²) in [6.07, 6.45) is 6.96. The highest BCUT2D eigenvalue weighted by molar-refractivity contribution is 5.85. The maximum absolute atomic E-state index is 3.43. The third-order valence-corrected chi connectivity index (χ3v) is 3.41. The Balaban J connectivity index is 2.20. The summed E-state index contributed by atoms with van der Waals surface area (Å²) in [6.45, 7) is 0. The molecular formula is C14H15N. The van der Waals surface area contributed by atoms with E-state index in [1.807, 2.05) is 0 Å². The summed E-state index contributed by atoms with van der Waals surface area (Å²) in [5.41, 5.74) is 5.89. The fraction of sp³-hybridized carbons (Fsp3) is 0.286. The Morgan fingerprint density at radius 2 is 2.13 bits per heavy atom. The van der Waals surface area contributed by atoms with Gasteiger partial charge in [0.2, 0.25) is 0 Å². The van der Waals surface area contributed by atoms with Gasteiger partial charge in [-0.05, 0) is 42.2 Å². The lowest BCUT2D eigenvalue weighted by atomic mass is 9.96. The van der Waals surface area contributed by atoms with E-state index in [9.17, 15) is 0 Å². The zero-order chi connectivity index (χ0) is 10.3. The standard InChI is InChI=1S/C14H15N/c1-15-14-12-8-4-2-6-10(12)11-7-3-5-9-13(11)14/h2-4,6-8,14-15H,5,9H2,1H3. The molecular weight excluding hydrogens is 182 g/mol. The maximum Gasteiger partial charge on any atom is 0.0548 e. The Morgan fingerprint density at radius 1 is 1.27 bits per heavy atom. The quantitative estimate of drug-likeness (QED) is 0.729. The molecule has 3 rings (SSSR count). The van der Waals surface area contributed by atoms with Gasteiger partial charge in [0.05, 0.1) is 6.04 Å². The lowest BCUT2D eigenvalue weighted by Gasteiger charge is -2.16. The van der Waals surface area contributed by atoms with Crippen LogP contribution in [0.2, 0.25) is 0 Å². The average molecular weight is 197 g/mol. The Hall–Kier alpha value is -1.34. The molecule has 0 fully saturated rings. The second-order valence-electron chi connectivity index (χ2n) is 4.19. The van der Waals surface area contributed by atoms with Gasteiger partial charge in [-0.1, -0.05) is 36.4 Å². The van der Waals surface area contributed by atoms with Crippen LogP contribution in [0.3, 0.4) is 0 Å². The first-order valence-electron chi connectivity index (χ1n) is 5.58. The molecule has 0 aliphatic heterocycles. The lowest BCUT2D eigenvalue weighted by Crippen LogP contribution is -2.16. The number of rotatable bonds is 1. The summed E-state index contributed by atoms with van der Waals surface area (Å²) in [4.78, 5) is 0. The zero-order valence-corrected chi connectivity index (χ0v) is 8.96. The van der Waals surface area contributed by atoms with Crippen LogP contribution < -0.4 is 5.32 Å². The van der Waals surface area contributed by atoms with Crippen LogP contribution in [0, 0.1) is 0 Å². The second kappa shape index (κ2) is 3.35. The average Bonchev–Trinajstić information content (AvgIpc) is 2.63. The van der Waals surface area contributed by atoms with Crippen molar-refractivity contribution in [2.75, 3.05) is 7.05 Å². The van der Waals surface area contributed by atoms with Crippen LogP contribution in [0.1, 0.15) is 30.0 Å². The van der Waals surface area contributed by atoms with Crippen molar-refractivity contribution >= 4 is 5.57 Å². The smallest absolute Gasteiger partial charge is 0.0548 e. The van der Waals surface area contributed by atoms with Crippen LogP contribution in [0.5, 0.6) is 0 Å². The number of nitrogens with one attached hydrogen (secondary N) is 1. The van der Waals surface area contributed by atoms with E-state index < -0.39 is 0 Å². The molecule has 0 bridgehead atoms. The van der Waals surface area contributed by atoms with Gasteiger partial charge in [-0.15, -0.1) is 0 Å². The lowest BCUT2D eigenvalue weighted by molar-refractivity contribution is 0.660. The third-order valence-electron chi connectivity index (χ3n) is 3.41. The topological polar surface area (TPSA) is 12.0 Å². The normalized spacial score (nSPS) is 22.9. The highest BCUT2D eigenvalue weighted by Gasteiger charge is 2.28. The minimum absolute atomic E-state index is 0.446. The fourth-order valence-corrected chi connectivity index (χ4v) is 2.76. The summed E-state index contributed by atoms with van der Waals surface area (Å²) in [6, 6.07) is 9.18. The Labute approximate surface area is 90.5 Å². The Bertz CT molecular complexity index is 454. The van der Waals surface area contributed by atoms with E-state index >= 15 is 0 Å². The van der Waals surface area contributed by atoms with E-state index in [2.05, 4.69) is 48.8 Å². The van der Waals surface area contributed by atoms with Crippen LogP contribution >= 0.6 is 0 Å². The molecule has 1 atom stereocenters. The van der Waals surface area contributed by atoms with Gasteiger partial charge in [0.25, 0.3) is 0 Å². The summed E-state index contributed by atoms with van der Waals surface area (Å²) in [7, 11) is 2.05. The minimum atomic E-state index is 0.446. The first kappa shape index (κ1) is 8.93. The van der Waals surface area contributed by atoms with E-state index in [1.165, 1.54) is 29.5 Å². The number of likely N-dealkylation sites (N-methyl/N-ethyl adjacent to an activating group) is 1. The van der Waals surface area contributed by atoms with E-state index in [4.69, 9.17) is 0 Å². The van der Waals surface area contributed by atoms with Crippen molar-refractivity contribution in [2.24, 2.45) is 0 Å². The maximum atomic E-state index is 3.43. The Kier molecular flexibility index (Phi) is 2.00. The summed E-state index contributed by atoms with van der Waals surface area (Å²) in [5, 5.41) is 3.43. The first-order valence-corrected chi connectivity index (χ1v) is 5.58. The number of hydrogen-bond acceptors (Lipinski definition) is 1. The molecule has 1 heteroatoms. The molecule has 0 saturated carbocycles. The summed E-state index contributed by atoms with van der Waals surface area (Å²) < 4.78 is 0. The van der Waals surface area contributed by atoms with Crippen molar-refractivity contribution in [2.45, 2.75) is 18.9 Å². The van der Waals surface area contributed by atoms with Crippen LogP contribution in [-0.2, 0) is 0 Å². The minimum Gasteiger partial charge on any atom is -0.310 e. The predicted molar refractivity (Wildman–Crippen MR) is 63.5 cm³/mol. The van der Waals surface area contributed by atoms with Crippen molar-refractivity contribution in [1.29, 1.82) is 0 Å². The molecule has 1 aromatic carbocycles. The van der Waals surface area contributed by atoms with Gasteiger partial charge in [-0.3, -0.25) is 0 Å². The monoisotopic (exact) mass is 197 g/mol. The van der Waals surface area contributed by atoms with Crippen molar-refractivity contribution in [3.63, 3.8) is 0 Å². The van der Waals surface area contributed by atoms with Gasteiger partial charge in [0.15, 0.2) is 0 Å². The van der Waals surface area contributed by atoms with E-state index in [1.54, 1.807) is 5.57 Å². The van der Waals surface area contributed by atoms with Crippen molar-refractivity contribution in [3.8, 4) is 0 Å². The first-order chi connectivity index (χ1) is 7.42. The van der Waals surface area contributed by atoms with Crippen molar-refractivity contribution in [3.05, 3.63) is 53.1 Å². The Morgan fingerprint density at radius 3 is 3.00 bits per heavy atom. The van der Waals surface area contributed by atoms with Crippen molar-refractivity contribution < 1.29 is 0 Å². The molecule has 1 aromatic rings. The van der Waals surface area contributed by atoms with Gasteiger partial charge in [-0.25, -0.2) is 0 Å². The molecule has 76 valence electrons. The van der Waals surface area contributed by atoms with Gasteiger partial charge in [-0.2, -0.15) is 0 Å². The number of fused-ring (bicyclic) bond motifs is 2. The second-order valence-corrected chi connectivity index (χ2v) is 4.19. The van der Waals surface area contributed by atoms with Gasteiger partial charge in [0.1, 0.15) is 0 Å². The molecule has 0 saturated heterocycles. The molecule has 15 heavy (non-hydrogen) atoms. The highest BCUT2D eigenvalue weighted by Crippen LogP contribution is 2.44. The van der Waals surface area contributed by atoms with E-state index in [0.717, 1.165) is 0 Å². The largest absolute Gasteiger partial charge is 0.310 e. The molecule has 0 radical (unpaired) electrons. The van der Waals surface area contributed by atoms with Gasteiger partial charge in [0, 0.05) is 0 Å². The highest BCUT2D eigenvalue weighted by atomic mass is 14.9. The van der Waals surface area contributed by atoms with Crippen molar-refractivity contribution in [1.82, 2.24) is 5.32 Å². The number of hydrogen-bond donors (Lipinski definition) is 1. The molecule has 0 aromatic heterocycles. The molecule has 2 aliphatic carbocycles. The third kappa shape index (κ3) is 1.20. The van der Waals surface area contributed by atoms with E-state index in [-0.39, 0.29) is 0 Å². The number of benzene rings is 1. The summed E-state index contributed by atoms with van der Waals surface area (Å²) >= 11 is 0. The molecule has 1 nitrogen and oxygen atoms in total. The zero-order valence-electron chi connectivity index (χ0n) is 8.96. The van der Waals surface area contributed by atoms with Crippen LogP contribution in [0.4, 0.5) is 0 Å². The SMILES string of the molecule is CNC1C2=C(C=CCC2)c2ccccc21. The summed E-state index contributed by atoms with van der Waals surface area (Å²) in [5.74, 6) is 0. The predicted octanol–water partition coefficient (Wildman–Crippen LogP) is 3.06. The molecule has 0 amide bonds. The van der Waals surface area contributed by atoms with E-state index in [0.29, 0.717) is 6.04 Å².